The van der Waals surface area contributed by atoms with Crippen molar-refractivity contribution in [3.63, 3.8) is 0 Å². The lowest BCUT2D eigenvalue weighted by atomic mass is 10.1. The lowest BCUT2D eigenvalue weighted by molar-refractivity contribution is -0.115. The Morgan fingerprint density at radius 3 is 2.67 bits per heavy atom. The van der Waals surface area contributed by atoms with Crippen molar-refractivity contribution in [3.05, 3.63) is 46.7 Å². The van der Waals surface area contributed by atoms with Crippen molar-refractivity contribution in [2.24, 2.45) is 0 Å². The number of aromatic nitrogens is 2. The van der Waals surface area contributed by atoms with Crippen LogP contribution in [0.4, 0.5) is 5.69 Å². The van der Waals surface area contributed by atoms with Gasteiger partial charge in [0.1, 0.15) is 5.75 Å². The first-order chi connectivity index (χ1) is 11.5. The van der Waals surface area contributed by atoms with Gasteiger partial charge in [-0.2, -0.15) is 4.98 Å². The smallest absolute Gasteiger partial charge is 0.228 e. The van der Waals surface area contributed by atoms with E-state index in [4.69, 9.17) is 9.26 Å². The predicted molar refractivity (Wildman–Crippen MR) is 92.4 cm³/mol. The minimum absolute atomic E-state index is 0.0723. The maximum atomic E-state index is 12.3. The molecule has 0 atom stereocenters. The largest absolute Gasteiger partial charge is 0.497 e. The number of amides is 1. The molecule has 0 fully saturated rings. The summed E-state index contributed by atoms with van der Waals surface area (Å²) in [6, 6.07) is 9.32. The second kappa shape index (κ2) is 6.84. The number of anilines is 1. The van der Waals surface area contributed by atoms with E-state index in [9.17, 15) is 4.79 Å². The highest BCUT2D eigenvalue weighted by Gasteiger charge is 2.14. The van der Waals surface area contributed by atoms with Gasteiger partial charge in [-0.25, -0.2) is 0 Å². The van der Waals surface area contributed by atoms with Gasteiger partial charge in [-0.15, -0.1) is 11.3 Å². The fourth-order valence-electron chi connectivity index (χ4n) is 2.24. The molecule has 24 heavy (non-hydrogen) atoms. The summed E-state index contributed by atoms with van der Waals surface area (Å²) in [5.41, 5.74) is 1.70. The second-order valence-electron chi connectivity index (χ2n) is 5.29. The molecule has 124 valence electrons. The number of nitrogens with one attached hydrogen (secondary N) is 1. The van der Waals surface area contributed by atoms with Gasteiger partial charge in [-0.05, 0) is 30.7 Å². The number of aryl methyl sites for hydroxylation is 2. The third kappa shape index (κ3) is 3.62. The minimum Gasteiger partial charge on any atom is -0.497 e. The molecule has 2 heterocycles. The normalized spacial score (nSPS) is 10.6. The van der Waals surface area contributed by atoms with E-state index in [0.29, 0.717) is 18.1 Å². The summed E-state index contributed by atoms with van der Waals surface area (Å²) in [6.45, 7) is 3.69. The van der Waals surface area contributed by atoms with Crippen LogP contribution >= 0.6 is 11.3 Å². The van der Waals surface area contributed by atoms with Crippen LogP contribution in [-0.2, 0) is 11.2 Å². The van der Waals surface area contributed by atoms with Gasteiger partial charge >= 0.3 is 0 Å². The lowest BCUT2D eigenvalue weighted by Crippen LogP contribution is -2.14. The SMILES string of the molecule is COc1ccc(CC(=O)Nc2cc(-c3noc(C)n3)sc2C)cc1. The van der Waals surface area contributed by atoms with Crippen molar-refractivity contribution in [2.75, 3.05) is 12.4 Å². The topological polar surface area (TPSA) is 77.2 Å². The van der Waals surface area contributed by atoms with Crippen LogP contribution < -0.4 is 10.1 Å². The summed E-state index contributed by atoms with van der Waals surface area (Å²) < 4.78 is 10.1. The first-order valence-corrected chi connectivity index (χ1v) is 8.20. The Labute approximate surface area is 143 Å². The number of benzene rings is 1. The van der Waals surface area contributed by atoms with E-state index in [0.717, 1.165) is 26.8 Å². The zero-order chi connectivity index (χ0) is 17.1. The molecule has 0 bridgehead atoms. The molecule has 1 amide bonds. The molecule has 6 nitrogen and oxygen atoms in total. The lowest BCUT2D eigenvalue weighted by Gasteiger charge is -2.05. The van der Waals surface area contributed by atoms with Crippen LogP contribution in [0.25, 0.3) is 10.7 Å². The zero-order valence-electron chi connectivity index (χ0n) is 13.6. The number of hydrogen-bond donors (Lipinski definition) is 1. The molecule has 1 N–H and O–H groups in total. The van der Waals surface area contributed by atoms with Crippen LogP contribution in [0.2, 0.25) is 0 Å². The van der Waals surface area contributed by atoms with Crippen LogP contribution in [-0.4, -0.2) is 23.2 Å². The molecule has 1 aromatic carbocycles. The Hall–Kier alpha value is -2.67. The van der Waals surface area contributed by atoms with Gasteiger partial charge in [0.2, 0.25) is 17.6 Å². The fourth-order valence-corrected chi connectivity index (χ4v) is 3.14. The van der Waals surface area contributed by atoms with Crippen LogP contribution in [0.1, 0.15) is 16.3 Å². The third-order valence-corrected chi connectivity index (χ3v) is 4.51. The number of rotatable bonds is 5. The molecule has 0 aliphatic rings. The molecule has 2 aromatic heterocycles. The quantitative estimate of drug-likeness (QED) is 0.766. The summed E-state index contributed by atoms with van der Waals surface area (Å²) >= 11 is 1.52. The molecule has 3 rings (SSSR count). The molecule has 0 spiro atoms. The van der Waals surface area contributed by atoms with Crippen LogP contribution in [0.5, 0.6) is 5.75 Å². The Morgan fingerprint density at radius 1 is 1.29 bits per heavy atom. The molecule has 0 aliphatic carbocycles. The summed E-state index contributed by atoms with van der Waals surface area (Å²) in [4.78, 5) is 18.3. The Balaban J connectivity index is 1.68. The van der Waals surface area contributed by atoms with Gasteiger partial charge in [-0.1, -0.05) is 17.3 Å². The van der Waals surface area contributed by atoms with E-state index in [-0.39, 0.29) is 5.91 Å². The van der Waals surface area contributed by atoms with E-state index >= 15 is 0 Å². The van der Waals surface area contributed by atoms with Crippen molar-refractivity contribution in [2.45, 2.75) is 20.3 Å². The predicted octanol–water partition coefficient (Wildman–Crippen LogP) is 3.60. The molecular weight excluding hydrogens is 326 g/mol. The second-order valence-corrected chi connectivity index (χ2v) is 6.55. The molecule has 7 heteroatoms. The van der Waals surface area contributed by atoms with Gasteiger partial charge in [0.15, 0.2) is 0 Å². The summed E-state index contributed by atoms with van der Waals surface area (Å²) in [6.07, 6.45) is 0.302. The average molecular weight is 343 g/mol. The Morgan fingerprint density at radius 2 is 2.04 bits per heavy atom. The van der Waals surface area contributed by atoms with Gasteiger partial charge in [0, 0.05) is 11.8 Å². The molecule has 0 aliphatic heterocycles. The van der Waals surface area contributed by atoms with Crippen molar-refractivity contribution in [1.82, 2.24) is 10.1 Å². The number of carbonyl (C=O) groups is 1. The monoisotopic (exact) mass is 343 g/mol. The van der Waals surface area contributed by atoms with Crippen LogP contribution in [0.3, 0.4) is 0 Å². The molecule has 0 saturated heterocycles. The highest BCUT2D eigenvalue weighted by Crippen LogP contribution is 2.32. The van der Waals surface area contributed by atoms with Crippen molar-refractivity contribution in [1.29, 1.82) is 0 Å². The van der Waals surface area contributed by atoms with E-state index in [1.54, 1.807) is 14.0 Å². The van der Waals surface area contributed by atoms with Gasteiger partial charge in [-0.3, -0.25) is 4.79 Å². The maximum absolute atomic E-state index is 12.3. The third-order valence-electron chi connectivity index (χ3n) is 3.46. The highest BCUT2D eigenvalue weighted by molar-refractivity contribution is 7.16. The first-order valence-electron chi connectivity index (χ1n) is 7.39. The number of nitrogens with zero attached hydrogens (tertiary/aromatic N) is 2. The summed E-state index contributed by atoms with van der Waals surface area (Å²) in [5, 5.41) is 6.84. The molecule has 0 unspecified atom stereocenters. The van der Waals surface area contributed by atoms with Gasteiger partial charge in [0.25, 0.3) is 0 Å². The minimum atomic E-state index is -0.0723. The molecule has 0 saturated carbocycles. The number of hydrogen-bond acceptors (Lipinski definition) is 6. The van der Waals surface area contributed by atoms with E-state index in [1.807, 2.05) is 37.3 Å². The molecular formula is C17H17N3O3S. The first kappa shape index (κ1) is 16.2. The average Bonchev–Trinajstić information content (AvgIpc) is 3.14. The number of methoxy groups -OCH3 is 1. The molecule has 3 aromatic rings. The van der Waals surface area contributed by atoms with Crippen molar-refractivity contribution >= 4 is 22.9 Å². The van der Waals surface area contributed by atoms with Crippen molar-refractivity contribution in [3.8, 4) is 16.5 Å². The van der Waals surface area contributed by atoms with Crippen molar-refractivity contribution < 1.29 is 14.1 Å². The number of carbonyl (C=O) groups excluding carboxylic acids is 1. The summed E-state index contributed by atoms with van der Waals surface area (Å²) in [5.74, 6) is 1.75. The standard InChI is InChI=1S/C17H17N3O3S/c1-10-14(9-15(24-10)17-18-11(2)23-20-17)19-16(21)8-12-4-6-13(22-3)7-5-12/h4-7,9H,8H2,1-3H3,(H,19,21). The van der Waals surface area contributed by atoms with E-state index < -0.39 is 0 Å². The highest BCUT2D eigenvalue weighted by atomic mass is 32.1. The molecule has 0 radical (unpaired) electrons. The Kier molecular flexibility index (Phi) is 4.61. The van der Waals surface area contributed by atoms with Gasteiger partial charge < -0.3 is 14.6 Å². The number of thiophene rings is 1. The van der Waals surface area contributed by atoms with Crippen LogP contribution in [0.15, 0.2) is 34.9 Å². The Bertz CT molecular complexity index is 852. The maximum Gasteiger partial charge on any atom is 0.228 e. The van der Waals surface area contributed by atoms with E-state index in [1.165, 1.54) is 11.3 Å². The van der Waals surface area contributed by atoms with Crippen LogP contribution in [0, 0.1) is 13.8 Å². The van der Waals surface area contributed by atoms with E-state index in [2.05, 4.69) is 15.5 Å². The fraction of sp³-hybridized carbons (Fsp3) is 0.235. The zero-order valence-corrected chi connectivity index (χ0v) is 14.4. The summed E-state index contributed by atoms with van der Waals surface area (Å²) in [7, 11) is 1.61. The van der Waals surface area contributed by atoms with Gasteiger partial charge in [0.05, 0.1) is 24.1 Å². The number of ether oxygens (including phenoxy) is 1.